The number of amides is 2. The molecule has 2 amide bonds. The van der Waals surface area contributed by atoms with Gasteiger partial charge in [-0.25, -0.2) is 0 Å². The smallest absolute Gasteiger partial charge is 0.257 e. The van der Waals surface area contributed by atoms with Crippen LogP contribution < -0.4 is 24.8 Å². The minimum atomic E-state index is -0.198. The lowest BCUT2D eigenvalue weighted by molar-refractivity contribution is -0.123. The number of rotatable bonds is 11. The molecular formula is C22H28N2O5. The number of hydrogen-bond donors (Lipinski definition) is 2. The summed E-state index contributed by atoms with van der Waals surface area (Å²) in [7, 11) is 1.53. The topological polar surface area (TPSA) is 85.9 Å². The Balaban J connectivity index is 1.96. The molecule has 0 atom stereocenters. The van der Waals surface area contributed by atoms with E-state index < -0.39 is 0 Å². The lowest BCUT2D eigenvalue weighted by Gasteiger charge is -2.13. The van der Waals surface area contributed by atoms with Gasteiger partial charge in [-0.1, -0.05) is 19.1 Å². The molecule has 2 aromatic carbocycles. The van der Waals surface area contributed by atoms with Crippen molar-refractivity contribution >= 4 is 11.8 Å². The van der Waals surface area contributed by atoms with Crippen molar-refractivity contribution in [3.63, 3.8) is 0 Å². The highest BCUT2D eigenvalue weighted by atomic mass is 16.5. The Morgan fingerprint density at radius 1 is 0.966 bits per heavy atom. The standard InChI is InChI=1S/C22H28N2O5/c1-4-11-28-18-8-6-7-17(13-18)22(26)24-14-16-9-10-19(20(12-16)27-3)29-15-21(25)23-5-2/h6-10,12-13H,4-5,11,14-15H2,1-3H3,(H,23,25)(H,24,26). The molecule has 7 heteroatoms. The van der Waals surface area contributed by atoms with Gasteiger partial charge in [0.25, 0.3) is 11.8 Å². The van der Waals surface area contributed by atoms with Gasteiger partial charge in [-0.15, -0.1) is 0 Å². The van der Waals surface area contributed by atoms with Gasteiger partial charge in [0.15, 0.2) is 18.1 Å². The maximum atomic E-state index is 12.4. The van der Waals surface area contributed by atoms with E-state index in [0.717, 1.165) is 12.0 Å². The minimum Gasteiger partial charge on any atom is -0.494 e. The van der Waals surface area contributed by atoms with E-state index >= 15 is 0 Å². The summed E-state index contributed by atoms with van der Waals surface area (Å²) < 4.78 is 16.4. The van der Waals surface area contributed by atoms with Crippen LogP contribution in [0.5, 0.6) is 17.2 Å². The molecule has 0 heterocycles. The number of hydrogen-bond acceptors (Lipinski definition) is 5. The van der Waals surface area contributed by atoms with Crippen LogP contribution in [0.15, 0.2) is 42.5 Å². The van der Waals surface area contributed by atoms with Gasteiger partial charge in [0, 0.05) is 18.7 Å². The van der Waals surface area contributed by atoms with Gasteiger partial charge in [0.05, 0.1) is 13.7 Å². The number of methoxy groups -OCH3 is 1. The molecular weight excluding hydrogens is 372 g/mol. The monoisotopic (exact) mass is 400 g/mol. The van der Waals surface area contributed by atoms with Crippen molar-refractivity contribution in [2.75, 3.05) is 26.9 Å². The highest BCUT2D eigenvalue weighted by Gasteiger charge is 2.10. The fourth-order valence-electron chi connectivity index (χ4n) is 2.56. The maximum absolute atomic E-state index is 12.4. The Bertz CT molecular complexity index is 823. The van der Waals surface area contributed by atoms with E-state index in [-0.39, 0.29) is 18.4 Å². The van der Waals surface area contributed by atoms with Gasteiger partial charge in [0.1, 0.15) is 5.75 Å². The number of carbonyl (C=O) groups is 2. The zero-order valence-electron chi connectivity index (χ0n) is 17.1. The van der Waals surface area contributed by atoms with E-state index in [1.165, 1.54) is 7.11 Å². The average Bonchev–Trinajstić information content (AvgIpc) is 2.75. The van der Waals surface area contributed by atoms with Crippen molar-refractivity contribution in [2.45, 2.75) is 26.8 Å². The lowest BCUT2D eigenvalue weighted by atomic mass is 10.1. The summed E-state index contributed by atoms with van der Waals surface area (Å²) in [4.78, 5) is 24.0. The van der Waals surface area contributed by atoms with Crippen molar-refractivity contribution in [3.8, 4) is 17.2 Å². The third kappa shape index (κ3) is 7.03. The number of carbonyl (C=O) groups excluding carboxylic acids is 2. The fraction of sp³-hybridized carbons (Fsp3) is 0.364. The van der Waals surface area contributed by atoms with Gasteiger partial charge < -0.3 is 24.8 Å². The third-order valence-corrected chi connectivity index (χ3v) is 3.98. The second kappa shape index (κ2) is 11.6. The van der Waals surface area contributed by atoms with E-state index in [1.54, 1.807) is 30.3 Å². The summed E-state index contributed by atoms with van der Waals surface area (Å²) >= 11 is 0. The number of nitrogens with one attached hydrogen (secondary N) is 2. The van der Waals surface area contributed by atoms with Crippen molar-refractivity contribution in [2.24, 2.45) is 0 Å². The van der Waals surface area contributed by atoms with Gasteiger partial charge in [-0.05, 0) is 49.2 Å². The highest BCUT2D eigenvalue weighted by Crippen LogP contribution is 2.28. The van der Waals surface area contributed by atoms with E-state index in [9.17, 15) is 9.59 Å². The minimum absolute atomic E-state index is 0.0866. The van der Waals surface area contributed by atoms with Crippen LogP contribution in [0, 0.1) is 0 Å². The quantitative estimate of drug-likeness (QED) is 0.606. The zero-order chi connectivity index (χ0) is 21.1. The number of ether oxygens (including phenoxy) is 3. The second-order valence-corrected chi connectivity index (χ2v) is 6.29. The van der Waals surface area contributed by atoms with Gasteiger partial charge in [-0.2, -0.15) is 0 Å². The van der Waals surface area contributed by atoms with Gasteiger partial charge in [0.2, 0.25) is 0 Å². The molecule has 29 heavy (non-hydrogen) atoms. The first-order chi connectivity index (χ1) is 14.1. The molecule has 0 aromatic heterocycles. The van der Waals surface area contributed by atoms with Crippen LogP contribution in [0.1, 0.15) is 36.2 Å². The summed E-state index contributed by atoms with van der Waals surface area (Å²) in [6, 6.07) is 12.4. The van der Waals surface area contributed by atoms with E-state index in [0.29, 0.717) is 42.5 Å². The Kier molecular flexibility index (Phi) is 8.82. The second-order valence-electron chi connectivity index (χ2n) is 6.29. The predicted molar refractivity (Wildman–Crippen MR) is 111 cm³/mol. The van der Waals surface area contributed by atoms with Crippen molar-refractivity contribution < 1.29 is 23.8 Å². The van der Waals surface area contributed by atoms with Gasteiger partial charge in [-0.3, -0.25) is 9.59 Å². The molecule has 7 nitrogen and oxygen atoms in total. The summed E-state index contributed by atoms with van der Waals surface area (Å²) in [5.74, 6) is 1.25. The molecule has 0 aliphatic heterocycles. The summed E-state index contributed by atoms with van der Waals surface area (Å²) in [6.45, 7) is 5.27. The number of benzene rings is 2. The molecule has 156 valence electrons. The fourth-order valence-corrected chi connectivity index (χ4v) is 2.56. The SMILES string of the molecule is CCCOc1cccc(C(=O)NCc2ccc(OCC(=O)NCC)c(OC)c2)c1. The van der Waals surface area contributed by atoms with Crippen molar-refractivity contribution in [1.29, 1.82) is 0 Å². The first-order valence-electron chi connectivity index (χ1n) is 9.64. The molecule has 0 aliphatic carbocycles. The molecule has 0 saturated heterocycles. The summed E-state index contributed by atoms with van der Waals surface area (Å²) in [5, 5.41) is 5.55. The Hall–Kier alpha value is -3.22. The van der Waals surface area contributed by atoms with E-state index in [4.69, 9.17) is 14.2 Å². The first kappa shape index (κ1) is 22.1. The maximum Gasteiger partial charge on any atom is 0.257 e. The van der Waals surface area contributed by atoms with Crippen LogP contribution in [0.25, 0.3) is 0 Å². The summed E-state index contributed by atoms with van der Waals surface area (Å²) in [6.07, 6.45) is 0.904. The number of likely N-dealkylation sites (N-methyl/N-ethyl adjacent to an activating group) is 1. The highest BCUT2D eigenvalue weighted by molar-refractivity contribution is 5.94. The Morgan fingerprint density at radius 3 is 2.52 bits per heavy atom. The summed E-state index contributed by atoms with van der Waals surface area (Å²) in [5.41, 5.74) is 1.38. The average molecular weight is 400 g/mol. The van der Waals surface area contributed by atoms with Crippen LogP contribution in [0.2, 0.25) is 0 Å². The Morgan fingerprint density at radius 2 is 1.79 bits per heavy atom. The van der Waals surface area contributed by atoms with Gasteiger partial charge >= 0.3 is 0 Å². The predicted octanol–water partition coefficient (Wildman–Crippen LogP) is 2.93. The molecule has 2 aromatic rings. The van der Waals surface area contributed by atoms with E-state index in [1.807, 2.05) is 26.0 Å². The van der Waals surface area contributed by atoms with Crippen molar-refractivity contribution in [3.05, 3.63) is 53.6 Å². The molecule has 0 bridgehead atoms. The molecule has 0 radical (unpaired) electrons. The normalized spacial score (nSPS) is 10.2. The van der Waals surface area contributed by atoms with Crippen molar-refractivity contribution in [1.82, 2.24) is 10.6 Å². The van der Waals surface area contributed by atoms with E-state index in [2.05, 4.69) is 10.6 Å². The lowest BCUT2D eigenvalue weighted by Crippen LogP contribution is -2.28. The first-order valence-corrected chi connectivity index (χ1v) is 9.64. The molecule has 0 fully saturated rings. The molecule has 2 N–H and O–H groups in total. The molecule has 0 saturated carbocycles. The van der Waals surface area contributed by atoms with Crippen LogP contribution in [0.4, 0.5) is 0 Å². The van der Waals surface area contributed by atoms with Crippen LogP contribution in [-0.2, 0) is 11.3 Å². The van der Waals surface area contributed by atoms with Crippen LogP contribution in [-0.4, -0.2) is 38.7 Å². The third-order valence-electron chi connectivity index (χ3n) is 3.98. The van der Waals surface area contributed by atoms with Crippen LogP contribution >= 0.6 is 0 Å². The zero-order valence-corrected chi connectivity index (χ0v) is 17.1. The molecule has 0 aliphatic rings. The largest absolute Gasteiger partial charge is 0.494 e. The molecule has 0 spiro atoms. The Labute approximate surface area is 171 Å². The molecule has 2 rings (SSSR count). The van der Waals surface area contributed by atoms with Crippen LogP contribution in [0.3, 0.4) is 0 Å². The molecule has 0 unspecified atom stereocenters.